The number of para-hydroxylation sites is 1. The van der Waals surface area contributed by atoms with Gasteiger partial charge in [0.2, 0.25) is 0 Å². The third-order valence-electron chi connectivity index (χ3n) is 3.54. The fraction of sp³-hybridized carbons (Fsp3) is 0.333. The van der Waals surface area contributed by atoms with Gasteiger partial charge >= 0.3 is 0 Å². The fourth-order valence-electron chi connectivity index (χ4n) is 2.45. The molecule has 3 heteroatoms. The Balaban J connectivity index is 2.28. The van der Waals surface area contributed by atoms with Gasteiger partial charge in [-0.1, -0.05) is 59.3 Å². The Morgan fingerprint density at radius 3 is 2.52 bits per heavy atom. The third-order valence-corrected chi connectivity index (χ3v) is 4.31. The molecular formula is C18H22BrNO. The lowest BCUT2D eigenvalue weighted by Gasteiger charge is -2.22. The highest BCUT2D eigenvalue weighted by Crippen LogP contribution is 2.29. The third kappa shape index (κ3) is 4.32. The van der Waals surface area contributed by atoms with Crippen LogP contribution in [0.2, 0.25) is 0 Å². The second-order valence-electron chi connectivity index (χ2n) is 5.04. The summed E-state index contributed by atoms with van der Waals surface area (Å²) in [4.78, 5) is 0. The average Bonchev–Trinajstić information content (AvgIpc) is 2.53. The van der Waals surface area contributed by atoms with Crippen LogP contribution in [-0.4, -0.2) is 13.7 Å². The maximum absolute atomic E-state index is 5.52. The summed E-state index contributed by atoms with van der Waals surface area (Å²) in [6.07, 6.45) is 2.05. The molecule has 2 aromatic carbocycles. The molecule has 0 aliphatic carbocycles. The summed E-state index contributed by atoms with van der Waals surface area (Å²) in [5.74, 6) is 0.943. The van der Waals surface area contributed by atoms with Crippen molar-refractivity contribution in [3.05, 3.63) is 64.1 Å². The molecule has 0 spiro atoms. The lowest BCUT2D eigenvalue weighted by atomic mass is 9.98. The van der Waals surface area contributed by atoms with Gasteiger partial charge in [-0.05, 0) is 37.1 Å². The predicted octanol–water partition coefficient (Wildman–Crippen LogP) is 4.74. The van der Waals surface area contributed by atoms with E-state index in [4.69, 9.17) is 4.74 Å². The van der Waals surface area contributed by atoms with Gasteiger partial charge in [-0.15, -0.1) is 0 Å². The SMILES string of the molecule is CCCNC(Cc1ccccc1Br)c1ccccc1OC. The molecule has 2 rings (SSSR count). The first-order valence-corrected chi connectivity index (χ1v) is 8.15. The van der Waals surface area contributed by atoms with Crippen molar-refractivity contribution in [3.63, 3.8) is 0 Å². The molecule has 2 nitrogen and oxygen atoms in total. The van der Waals surface area contributed by atoms with Gasteiger partial charge in [0.05, 0.1) is 7.11 Å². The summed E-state index contributed by atoms with van der Waals surface area (Å²) < 4.78 is 6.68. The van der Waals surface area contributed by atoms with E-state index in [-0.39, 0.29) is 6.04 Å². The molecule has 0 saturated heterocycles. The highest BCUT2D eigenvalue weighted by molar-refractivity contribution is 9.10. The van der Waals surface area contributed by atoms with E-state index >= 15 is 0 Å². The van der Waals surface area contributed by atoms with Gasteiger partial charge in [-0.25, -0.2) is 0 Å². The zero-order valence-corrected chi connectivity index (χ0v) is 14.2. The molecular weight excluding hydrogens is 326 g/mol. The Morgan fingerprint density at radius 2 is 1.81 bits per heavy atom. The number of rotatable bonds is 7. The van der Waals surface area contributed by atoms with E-state index in [1.165, 1.54) is 11.1 Å². The first kappa shape index (κ1) is 16.1. The molecule has 0 fully saturated rings. The molecule has 0 aliphatic heterocycles. The largest absolute Gasteiger partial charge is 0.496 e. The normalized spacial score (nSPS) is 12.1. The van der Waals surface area contributed by atoms with Crippen LogP contribution in [0.4, 0.5) is 0 Å². The minimum absolute atomic E-state index is 0.250. The molecule has 0 heterocycles. The van der Waals surface area contributed by atoms with E-state index < -0.39 is 0 Å². The minimum atomic E-state index is 0.250. The second kappa shape index (κ2) is 8.20. The molecule has 0 aliphatic rings. The van der Waals surface area contributed by atoms with Crippen molar-refractivity contribution < 1.29 is 4.74 Å². The maximum Gasteiger partial charge on any atom is 0.123 e. The Bertz CT molecular complexity index is 571. The first-order chi connectivity index (χ1) is 10.3. The van der Waals surface area contributed by atoms with Crippen molar-refractivity contribution >= 4 is 15.9 Å². The Kier molecular flexibility index (Phi) is 6.27. The lowest BCUT2D eigenvalue weighted by molar-refractivity contribution is 0.398. The molecule has 112 valence electrons. The van der Waals surface area contributed by atoms with Gasteiger partial charge in [0.1, 0.15) is 5.75 Å². The highest BCUT2D eigenvalue weighted by Gasteiger charge is 2.16. The molecule has 1 N–H and O–H groups in total. The summed E-state index contributed by atoms with van der Waals surface area (Å²) in [5, 5.41) is 3.64. The van der Waals surface area contributed by atoms with Crippen LogP contribution in [0.25, 0.3) is 0 Å². The predicted molar refractivity (Wildman–Crippen MR) is 91.9 cm³/mol. The molecule has 0 saturated carbocycles. The topological polar surface area (TPSA) is 21.3 Å². The number of nitrogens with one attached hydrogen (secondary N) is 1. The van der Waals surface area contributed by atoms with Crippen molar-refractivity contribution in [3.8, 4) is 5.75 Å². The average molecular weight is 348 g/mol. The van der Waals surface area contributed by atoms with E-state index in [1.54, 1.807) is 7.11 Å². The number of halogens is 1. The van der Waals surface area contributed by atoms with Gasteiger partial charge in [-0.2, -0.15) is 0 Å². The Hall–Kier alpha value is -1.32. The van der Waals surface area contributed by atoms with E-state index in [9.17, 15) is 0 Å². The van der Waals surface area contributed by atoms with Crippen molar-refractivity contribution in [2.45, 2.75) is 25.8 Å². The van der Waals surface area contributed by atoms with Crippen LogP contribution in [-0.2, 0) is 6.42 Å². The van der Waals surface area contributed by atoms with Crippen LogP contribution < -0.4 is 10.1 Å². The molecule has 21 heavy (non-hydrogen) atoms. The minimum Gasteiger partial charge on any atom is -0.496 e. The van der Waals surface area contributed by atoms with Gasteiger partial charge in [0, 0.05) is 16.1 Å². The summed E-state index contributed by atoms with van der Waals surface area (Å²) in [6, 6.07) is 16.9. The van der Waals surface area contributed by atoms with Crippen molar-refractivity contribution in [1.82, 2.24) is 5.32 Å². The van der Waals surface area contributed by atoms with Crippen LogP contribution >= 0.6 is 15.9 Å². The number of methoxy groups -OCH3 is 1. The van der Waals surface area contributed by atoms with Crippen molar-refractivity contribution in [2.24, 2.45) is 0 Å². The molecule has 2 aromatic rings. The molecule has 1 atom stereocenters. The van der Waals surface area contributed by atoms with Crippen LogP contribution in [0.15, 0.2) is 53.0 Å². The number of benzene rings is 2. The molecule has 1 unspecified atom stereocenters. The molecule has 0 amide bonds. The van der Waals surface area contributed by atoms with E-state index in [0.29, 0.717) is 0 Å². The van der Waals surface area contributed by atoms with Crippen LogP contribution in [0.5, 0.6) is 5.75 Å². The zero-order valence-electron chi connectivity index (χ0n) is 12.6. The van der Waals surface area contributed by atoms with Crippen molar-refractivity contribution in [2.75, 3.05) is 13.7 Å². The van der Waals surface area contributed by atoms with E-state index in [1.807, 2.05) is 18.2 Å². The number of hydrogen-bond donors (Lipinski definition) is 1. The Morgan fingerprint density at radius 1 is 1.10 bits per heavy atom. The smallest absolute Gasteiger partial charge is 0.123 e. The van der Waals surface area contributed by atoms with E-state index in [0.717, 1.165) is 29.6 Å². The summed E-state index contributed by atoms with van der Waals surface area (Å²) in [7, 11) is 1.73. The summed E-state index contributed by atoms with van der Waals surface area (Å²) >= 11 is 3.64. The maximum atomic E-state index is 5.52. The second-order valence-corrected chi connectivity index (χ2v) is 5.90. The number of ether oxygens (including phenoxy) is 1. The quantitative estimate of drug-likeness (QED) is 0.780. The summed E-state index contributed by atoms with van der Waals surface area (Å²) in [6.45, 7) is 3.18. The highest BCUT2D eigenvalue weighted by atomic mass is 79.9. The lowest BCUT2D eigenvalue weighted by Crippen LogP contribution is -2.24. The first-order valence-electron chi connectivity index (χ1n) is 7.36. The molecule has 0 bridgehead atoms. The number of hydrogen-bond acceptors (Lipinski definition) is 2. The van der Waals surface area contributed by atoms with Gasteiger partial charge in [0.25, 0.3) is 0 Å². The zero-order chi connectivity index (χ0) is 15.1. The monoisotopic (exact) mass is 347 g/mol. The fourth-order valence-corrected chi connectivity index (χ4v) is 2.90. The van der Waals surface area contributed by atoms with Crippen LogP contribution in [0, 0.1) is 0 Å². The van der Waals surface area contributed by atoms with Crippen LogP contribution in [0.1, 0.15) is 30.5 Å². The molecule has 0 radical (unpaired) electrons. The standard InChI is InChI=1S/C18H22BrNO/c1-3-12-20-17(13-14-8-4-6-10-16(14)19)15-9-5-7-11-18(15)21-2/h4-11,17,20H,3,12-13H2,1-2H3. The van der Waals surface area contributed by atoms with Gasteiger partial charge in [-0.3, -0.25) is 0 Å². The van der Waals surface area contributed by atoms with Gasteiger partial charge < -0.3 is 10.1 Å². The van der Waals surface area contributed by atoms with Crippen molar-refractivity contribution in [1.29, 1.82) is 0 Å². The van der Waals surface area contributed by atoms with Crippen LogP contribution in [0.3, 0.4) is 0 Å². The Labute approximate surface area is 135 Å². The summed E-state index contributed by atoms with van der Waals surface area (Å²) in [5.41, 5.74) is 2.52. The molecule has 0 aromatic heterocycles. The van der Waals surface area contributed by atoms with Gasteiger partial charge in [0.15, 0.2) is 0 Å². The van der Waals surface area contributed by atoms with E-state index in [2.05, 4.69) is 58.5 Å².